The predicted molar refractivity (Wildman–Crippen MR) is 120 cm³/mol. The van der Waals surface area contributed by atoms with Crippen LogP contribution in [0.15, 0.2) is 72.1 Å². The molecule has 7 heteroatoms. The highest BCUT2D eigenvalue weighted by molar-refractivity contribution is 5.87. The Kier molecular flexibility index (Phi) is 4.68. The van der Waals surface area contributed by atoms with Crippen LogP contribution in [0.2, 0.25) is 0 Å². The summed E-state index contributed by atoms with van der Waals surface area (Å²) < 4.78 is 11.3. The maximum absolute atomic E-state index is 10.2. The Morgan fingerprint density at radius 2 is 1.97 bits per heavy atom. The molecule has 2 heterocycles. The molecule has 1 aliphatic heterocycles. The zero-order valence-corrected chi connectivity index (χ0v) is 17.3. The van der Waals surface area contributed by atoms with Crippen LogP contribution in [0.1, 0.15) is 24.0 Å². The normalized spacial score (nSPS) is 15.2. The number of H-pyrrole nitrogens is 1. The lowest BCUT2D eigenvalue weighted by Crippen LogP contribution is -2.21. The van der Waals surface area contributed by atoms with Gasteiger partial charge in [-0.25, -0.2) is 0 Å². The van der Waals surface area contributed by atoms with Crippen LogP contribution < -0.4 is 15.2 Å². The first kappa shape index (κ1) is 19.5. The van der Waals surface area contributed by atoms with E-state index in [4.69, 9.17) is 15.2 Å². The van der Waals surface area contributed by atoms with Gasteiger partial charge in [-0.3, -0.25) is 5.10 Å². The van der Waals surface area contributed by atoms with Gasteiger partial charge < -0.3 is 20.3 Å². The highest BCUT2D eigenvalue weighted by Crippen LogP contribution is 2.47. The lowest BCUT2D eigenvalue weighted by molar-refractivity contribution is 0.317. The Hall–Kier alpha value is -4.44. The number of hydrogen-bond donors (Lipinski definition) is 3. The predicted octanol–water partition coefficient (Wildman–Crippen LogP) is 4.55. The minimum Gasteiger partial charge on any atom is -0.504 e. The van der Waals surface area contributed by atoms with Crippen molar-refractivity contribution in [3.63, 3.8) is 0 Å². The molecule has 0 saturated heterocycles. The molecule has 1 aromatic heterocycles. The summed E-state index contributed by atoms with van der Waals surface area (Å²) in [5.74, 6) is 0.155. The molecule has 0 saturated carbocycles. The zero-order chi connectivity index (χ0) is 22.2. The second-order valence-electron chi connectivity index (χ2n) is 7.46. The van der Waals surface area contributed by atoms with E-state index >= 15 is 0 Å². The fourth-order valence-corrected chi connectivity index (χ4v) is 4.12. The smallest absolute Gasteiger partial charge is 0.244 e. The van der Waals surface area contributed by atoms with Gasteiger partial charge in [-0.05, 0) is 41.5 Å². The number of nitrogens with zero attached hydrogens (tertiary/aromatic N) is 2. The molecular formula is C25H20N4O3. The van der Waals surface area contributed by atoms with Crippen molar-refractivity contribution >= 4 is 10.8 Å². The maximum Gasteiger partial charge on any atom is 0.244 e. The molecule has 0 amide bonds. The molecule has 1 atom stereocenters. The standard InChI is InChI=1S/C25H20N4O3/c1-2-31-20-12-16(9-10-19(20)30)21-18(13-26)24(27)32-25-22(21)23(28-29-25)17-8-7-14-5-3-4-6-15(14)11-17/h3-12,21,30H,2,27H2,1H3,(H,28,29). The van der Waals surface area contributed by atoms with E-state index in [1.807, 2.05) is 37.3 Å². The number of fused-ring (bicyclic) bond motifs is 2. The van der Waals surface area contributed by atoms with Crippen LogP contribution in [-0.2, 0) is 0 Å². The largest absolute Gasteiger partial charge is 0.504 e. The van der Waals surface area contributed by atoms with Crippen LogP contribution in [0.3, 0.4) is 0 Å². The average Bonchev–Trinajstić information content (AvgIpc) is 3.22. The molecule has 0 radical (unpaired) electrons. The molecular weight excluding hydrogens is 404 g/mol. The topological polar surface area (TPSA) is 117 Å². The van der Waals surface area contributed by atoms with E-state index in [-0.39, 0.29) is 17.2 Å². The van der Waals surface area contributed by atoms with Crippen molar-refractivity contribution in [3.8, 4) is 34.7 Å². The van der Waals surface area contributed by atoms with Gasteiger partial charge in [0.2, 0.25) is 11.8 Å². The average molecular weight is 424 g/mol. The van der Waals surface area contributed by atoms with Gasteiger partial charge in [0, 0.05) is 5.56 Å². The number of aromatic amines is 1. The molecule has 1 aliphatic rings. The summed E-state index contributed by atoms with van der Waals surface area (Å²) in [6.45, 7) is 2.23. The van der Waals surface area contributed by atoms with Crippen molar-refractivity contribution in [1.82, 2.24) is 10.2 Å². The van der Waals surface area contributed by atoms with Crippen molar-refractivity contribution in [3.05, 3.63) is 83.2 Å². The summed E-state index contributed by atoms with van der Waals surface area (Å²) in [5, 5.41) is 29.7. The van der Waals surface area contributed by atoms with E-state index < -0.39 is 5.92 Å². The maximum atomic E-state index is 10.2. The molecule has 4 aromatic rings. The number of nitriles is 1. The third-order valence-corrected chi connectivity index (χ3v) is 5.59. The minimum absolute atomic E-state index is 0.00703. The number of aromatic hydroxyl groups is 1. The number of nitrogens with two attached hydrogens (primary N) is 1. The number of nitrogens with one attached hydrogen (secondary N) is 1. The Morgan fingerprint density at radius 3 is 2.75 bits per heavy atom. The third kappa shape index (κ3) is 3.10. The molecule has 0 aliphatic carbocycles. The van der Waals surface area contributed by atoms with E-state index in [2.05, 4.69) is 28.4 Å². The van der Waals surface area contributed by atoms with Crippen molar-refractivity contribution in [2.45, 2.75) is 12.8 Å². The van der Waals surface area contributed by atoms with Crippen molar-refractivity contribution < 1.29 is 14.6 Å². The first-order valence-corrected chi connectivity index (χ1v) is 10.2. The molecule has 32 heavy (non-hydrogen) atoms. The fourth-order valence-electron chi connectivity index (χ4n) is 4.12. The summed E-state index contributed by atoms with van der Waals surface area (Å²) in [4.78, 5) is 0. The number of phenols is 1. The first-order valence-electron chi connectivity index (χ1n) is 10.2. The van der Waals surface area contributed by atoms with Gasteiger partial charge in [0.25, 0.3) is 0 Å². The van der Waals surface area contributed by atoms with E-state index in [1.165, 1.54) is 0 Å². The van der Waals surface area contributed by atoms with Crippen LogP contribution >= 0.6 is 0 Å². The second kappa shape index (κ2) is 7.67. The van der Waals surface area contributed by atoms with Crippen LogP contribution in [0.4, 0.5) is 0 Å². The van der Waals surface area contributed by atoms with E-state index in [0.29, 0.717) is 23.8 Å². The molecule has 4 N–H and O–H groups in total. The number of hydrogen-bond acceptors (Lipinski definition) is 6. The monoisotopic (exact) mass is 424 g/mol. The van der Waals surface area contributed by atoms with Gasteiger partial charge in [-0.15, -0.1) is 5.10 Å². The zero-order valence-electron chi connectivity index (χ0n) is 17.3. The lowest BCUT2D eigenvalue weighted by atomic mass is 9.82. The molecule has 0 bridgehead atoms. The number of rotatable bonds is 4. The first-order chi connectivity index (χ1) is 15.6. The van der Waals surface area contributed by atoms with Crippen LogP contribution in [0.25, 0.3) is 22.0 Å². The van der Waals surface area contributed by atoms with Gasteiger partial charge in [-0.2, -0.15) is 5.26 Å². The molecule has 7 nitrogen and oxygen atoms in total. The minimum atomic E-state index is -0.538. The number of benzene rings is 3. The second-order valence-corrected chi connectivity index (χ2v) is 7.46. The van der Waals surface area contributed by atoms with Gasteiger partial charge >= 0.3 is 0 Å². The molecule has 5 rings (SSSR count). The van der Waals surface area contributed by atoms with Gasteiger partial charge in [0.1, 0.15) is 11.6 Å². The van der Waals surface area contributed by atoms with E-state index in [0.717, 1.165) is 27.6 Å². The quantitative estimate of drug-likeness (QED) is 0.442. The van der Waals surface area contributed by atoms with Gasteiger partial charge in [0.15, 0.2) is 11.5 Å². The van der Waals surface area contributed by atoms with Crippen molar-refractivity contribution in [2.75, 3.05) is 6.61 Å². The molecule has 1 unspecified atom stereocenters. The number of allylic oxidation sites excluding steroid dienone is 1. The SMILES string of the molecule is CCOc1cc(C2C(C#N)=C(N)Oc3n[nH]c(-c4ccc5ccccc5c4)c32)ccc1O. The van der Waals surface area contributed by atoms with Gasteiger partial charge in [0.05, 0.1) is 23.8 Å². The molecule has 3 aromatic carbocycles. The number of ether oxygens (including phenoxy) is 2. The van der Waals surface area contributed by atoms with Crippen LogP contribution in [0.5, 0.6) is 17.4 Å². The fraction of sp³-hybridized carbons (Fsp3) is 0.120. The summed E-state index contributed by atoms with van der Waals surface area (Å²) in [6.07, 6.45) is 0. The molecule has 0 spiro atoms. The Morgan fingerprint density at radius 1 is 1.16 bits per heavy atom. The third-order valence-electron chi connectivity index (χ3n) is 5.59. The van der Waals surface area contributed by atoms with Gasteiger partial charge in [-0.1, -0.05) is 42.5 Å². The van der Waals surface area contributed by atoms with E-state index in [9.17, 15) is 10.4 Å². The molecule has 158 valence electrons. The van der Waals surface area contributed by atoms with E-state index in [1.54, 1.807) is 18.2 Å². The lowest BCUT2D eigenvalue weighted by Gasteiger charge is -2.24. The van der Waals surface area contributed by atoms with Crippen molar-refractivity contribution in [2.24, 2.45) is 5.73 Å². The Bertz CT molecular complexity index is 1410. The van der Waals surface area contributed by atoms with Crippen LogP contribution in [0, 0.1) is 11.3 Å². The summed E-state index contributed by atoms with van der Waals surface area (Å²) in [6, 6.07) is 21.4. The van der Waals surface area contributed by atoms with Crippen LogP contribution in [-0.4, -0.2) is 21.9 Å². The summed E-state index contributed by atoms with van der Waals surface area (Å²) in [5.41, 5.74) is 9.44. The highest BCUT2D eigenvalue weighted by Gasteiger charge is 2.36. The van der Waals surface area contributed by atoms with Crippen molar-refractivity contribution in [1.29, 1.82) is 5.26 Å². The summed E-state index contributed by atoms with van der Waals surface area (Å²) in [7, 11) is 0. The number of aromatic nitrogens is 2. The Balaban J connectivity index is 1.71. The summed E-state index contributed by atoms with van der Waals surface area (Å²) >= 11 is 0. The molecule has 0 fully saturated rings. The highest BCUT2D eigenvalue weighted by atomic mass is 16.5. The number of phenolic OH excluding ortho intramolecular Hbond substituents is 1. The Labute approximate surface area is 184 Å².